The SMILES string of the molecule is Cc1cc([C@@H]2C[C@@H]3C(=C(CO[Si](c4ccccc4)(c4ccccc4)C(C)(C)C)C[C@@H]4C(=O)N(c5cccc([N+](=O)[O-])c5)C(=O)[C@@H]43)B(O)O2)cc(C)c1O. The molecule has 4 atom stereocenters. The Hall–Kier alpha value is -4.88. The first-order valence-electron chi connectivity index (χ1n) is 18.0. The molecule has 2 saturated heterocycles. The third-order valence-corrected chi connectivity index (χ3v) is 16.3. The highest BCUT2D eigenvalue weighted by Crippen LogP contribution is 2.53. The van der Waals surface area contributed by atoms with E-state index in [-0.39, 0.29) is 35.2 Å². The molecule has 2 aliphatic heterocycles. The van der Waals surface area contributed by atoms with Crippen molar-refractivity contribution in [2.45, 2.75) is 58.6 Å². The molecule has 272 valence electrons. The van der Waals surface area contributed by atoms with Gasteiger partial charge >= 0.3 is 7.12 Å². The average molecular weight is 731 g/mol. The molecule has 0 bridgehead atoms. The van der Waals surface area contributed by atoms with Gasteiger partial charge < -0.3 is 19.2 Å². The molecule has 12 heteroatoms. The Morgan fingerprint density at radius 1 is 0.906 bits per heavy atom. The van der Waals surface area contributed by atoms with Crippen LogP contribution in [0.25, 0.3) is 0 Å². The maximum absolute atomic E-state index is 14.4. The predicted molar refractivity (Wildman–Crippen MR) is 205 cm³/mol. The number of hydrogen-bond acceptors (Lipinski definition) is 8. The number of amides is 2. The topological polar surface area (TPSA) is 139 Å². The average Bonchev–Trinajstić information content (AvgIpc) is 3.39. The molecule has 4 aromatic rings. The number of imide groups is 1. The summed E-state index contributed by atoms with van der Waals surface area (Å²) in [5.41, 5.74) is 3.24. The second-order valence-corrected chi connectivity index (χ2v) is 19.8. The zero-order chi connectivity index (χ0) is 37.8. The highest BCUT2D eigenvalue weighted by molar-refractivity contribution is 6.99. The maximum atomic E-state index is 14.4. The van der Waals surface area contributed by atoms with Crippen molar-refractivity contribution in [1.29, 1.82) is 0 Å². The molecule has 53 heavy (non-hydrogen) atoms. The second-order valence-electron chi connectivity index (χ2n) is 15.5. The van der Waals surface area contributed by atoms with Crippen molar-refractivity contribution in [2.75, 3.05) is 11.5 Å². The molecule has 2 N–H and O–H groups in total. The summed E-state index contributed by atoms with van der Waals surface area (Å²) < 4.78 is 13.7. The molecule has 1 aliphatic carbocycles. The quantitative estimate of drug-likeness (QED) is 0.0961. The molecule has 7 rings (SSSR count). The number of phenols is 1. The van der Waals surface area contributed by atoms with E-state index in [9.17, 15) is 29.8 Å². The number of aryl methyl sites for hydroxylation is 2. The number of anilines is 1. The largest absolute Gasteiger partial charge is 0.507 e. The molecule has 3 aliphatic rings. The van der Waals surface area contributed by atoms with Crippen LogP contribution >= 0.6 is 0 Å². The molecule has 0 spiro atoms. The molecule has 0 radical (unpaired) electrons. The Kier molecular flexibility index (Phi) is 9.52. The lowest BCUT2D eigenvalue weighted by atomic mass is 9.55. The Morgan fingerprint density at radius 2 is 1.51 bits per heavy atom. The summed E-state index contributed by atoms with van der Waals surface area (Å²) in [6, 6.07) is 29.6. The van der Waals surface area contributed by atoms with Gasteiger partial charge in [0.2, 0.25) is 11.8 Å². The molecule has 0 aromatic heterocycles. The van der Waals surface area contributed by atoms with Crippen LogP contribution in [0, 0.1) is 41.7 Å². The Labute approximate surface area is 310 Å². The van der Waals surface area contributed by atoms with Gasteiger partial charge in [-0.1, -0.05) is 87.5 Å². The van der Waals surface area contributed by atoms with Crippen molar-refractivity contribution in [1.82, 2.24) is 0 Å². The summed E-state index contributed by atoms with van der Waals surface area (Å²) in [4.78, 5) is 41.0. The molecule has 2 fully saturated rings. The zero-order valence-electron chi connectivity index (χ0n) is 30.5. The van der Waals surface area contributed by atoms with Gasteiger partial charge in [0.1, 0.15) is 5.75 Å². The first kappa shape index (κ1) is 36.5. The minimum absolute atomic E-state index is 0.100. The van der Waals surface area contributed by atoms with Crippen molar-refractivity contribution in [2.24, 2.45) is 17.8 Å². The smallest absolute Gasteiger partial charge is 0.487 e. The number of nitro groups is 1. The van der Waals surface area contributed by atoms with Crippen molar-refractivity contribution in [3.63, 3.8) is 0 Å². The van der Waals surface area contributed by atoms with Gasteiger partial charge in [0, 0.05) is 12.1 Å². The standard InChI is InChI=1S/C41H43BN2O8Si/c1-25-19-27(20-26(2)38(25)45)35-23-33-36-34(39(46)43(40(36)47)29-13-12-14-30(22-29)44(49)50)21-28(37(33)42(48)52-35)24-51-53(41(3,4)5,31-15-8-6-9-16-31)32-17-10-7-11-18-32/h6-20,22,33-36,45,48H,21,23-24H2,1-5H3/t33-,34-,35-,36+/m0/s1. The maximum Gasteiger partial charge on any atom is 0.487 e. The summed E-state index contributed by atoms with van der Waals surface area (Å²) in [5.74, 6) is -2.90. The van der Waals surface area contributed by atoms with E-state index < -0.39 is 56.0 Å². The third-order valence-electron chi connectivity index (χ3n) is 11.3. The van der Waals surface area contributed by atoms with Crippen LogP contribution < -0.4 is 15.3 Å². The number of nitro benzene ring substituents is 1. The number of non-ortho nitro benzene ring substituents is 1. The monoisotopic (exact) mass is 730 g/mol. The van der Waals surface area contributed by atoms with E-state index in [1.165, 1.54) is 24.3 Å². The van der Waals surface area contributed by atoms with E-state index in [4.69, 9.17) is 9.08 Å². The molecule has 0 unspecified atom stereocenters. The van der Waals surface area contributed by atoms with Crippen molar-refractivity contribution in [3.8, 4) is 5.75 Å². The molecule has 4 aromatic carbocycles. The van der Waals surface area contributed by atoms with Gasteiger partial charge in [0.05, 0.1) is 35.2 Å². The summed E-state index contributed by atoms with van der Waals surface area (Å²) in [6.45, 7) is 10.2. The fourth-order valence-electron chi connectivity index (χ4n) is 8.89. The van der Waals surface area contributed by atoms with Crippen molar-refractivity contribution < 1.29 is 33.7 Å². The minimum Gasteiger partial charge on any atom is -0.507 e. The normalized spacial score (nSPS) is 21.8. The van der Waals surface area contributed by atoms with E-state index in [0.717, 1.165) is 26.4 Å². The first-order valence-corrected chi connectivity index (χ1v) is 19.9. The molecule has 10 nitrogen and oxygen atoms in total. The fraction of sp³-hybridized carbons (Fsp3) is 0.317. The van der Waals surface area contributed by atoms with Crippen LogP contribution in [0.15, 0.2) is 108 Å². The third kappa shape index (κ3) is 6.23. The molecular formula is C41H43BN2O8Si. The van der Waals surface area contributed by atoms with Crippen molar-refractivity contribution in [3.05, 3.63) is 135 Å². The molecule has 2 heterocycles. The highest BCUT2D eigenvalue weighted by Gasteiger charge is 2.59. The van der Waals surface area contributed by atoms with Crippen LogP contribution in [0.5, 0.6) is 5.75 Å². The number of benzene rings is 4. The predicted octanol–water partition coefficient (Wildman–Crippen LogP) is 6.10. The summed E-state index contributed by atoms with van der Waals surface area (Å²) in [7, 11) is -4.44. The summed E-state index contributed by atoms with van der Waals surface area (Å²) in [5, 5.41) is 35.9. The molecule has 0 saturated carbocycles. The number of carbonyl (C=O) groups excluding carboxylic acids is 2. The van der Waals surface area contributed by atoms with Crippen LogP contribution in [0.3, 0.4) is 0 Å². The van der Waals surface area contributed by atoms with E-state index >= 15 is 0 Å². The summed E-state index contributed by atoms with van der Waals surface area (Å²) >= 11 is 0. The lowest BCUT2D eigenvalue weighted by Crippen LogP contribution is -2.66. The van der Waals surface area contributed by atoms with Gasteiger partial charge in [-0.3, -0.25) is 19.7 Å². The van der Waals surface area contributed by atoms with E-state index in [2.05, 4.69) is 45.0 Å². The number of nitrogens with zero attached hydrogens (tertiary/aromatic N) is 2. The number of hydrogen-bond donors (Lipinski definition) is 2. The van der Waals surface area contributed by atoms with E-state index in [1.807, 2.05) is 48.5 Å². The molecule has 2 amide bonds. The van der Waals surface area contributed by atoms with E-state index in [0.29, 0.717) is 23.0 Å². The van der Waals surface area contributed by atoms with Gasteiger partial charge in [-0.15, -0.1) is 0 Å². The summed E-state index contributed by atoms with van der Waals surface area (Å²) in [6.07, 6.45) is -0.182. The second kappa shape index (κ2) is 13.8. The van der Waals surface area contributed by atoms with Crippen molar-refractivity contribution >= 4 is 49.0 Å². The van der Waals surface area contributed by atoms with Gasteiger partial charge in [-0.25, -0.2) is 4.90 Å². The Morgan fingerprint density at radius 3 is 2.08 bits per heavy atom. The van der Waals surface area contributed by atoms with Crippen LogP contribution in [0.1, 0.15) is 56.4 Å². The van der Waals surface area contributed by atoms with Crippen LogP contribution in [-0.4, -0.2) is 48.9 Å². The minimum atomic E-state index is -3.05. The van der Waals surface area contributed by atoms with Crippen LogP contribution in [0.4, 0.5) is 11.4 Å². The fourth-order valence-corrected chi connectivity index (χ4v) is 13.4. The zero-order valence-corrected chi connectivity index (χ0v) is 31.5. The number of fused-ring (bicyclic) bond motifs is 3. The Bertz CT molecular complexity index is 2060. The number of aromatic hydroxyl groups is 1. The number of phenolic OH excluding ortho intramolecular Hbond substituents is 1. The van der Waals surface area contributed by atoms with Gasteiger partial charge in [0.25, 0.3) is 14.0 Å². The highest BCUT2D eigenvalue weighted by atomic mass is 28.4. The number of rotatable bonds is 8. The van der Waals surface area contributed by atoms with Crippen LogP contribution in [0.2, 0.25) is 5.04 Å². The van der Waals surface area contributed by atoms with E-state index in [1.54, 1.807) is 13.8 Å². The van der Waals surface area contributed by atoms with Gasteiger partial charge in [-0.2, -0.15) is 0 Å². The Balaban J connectivity index is 1.34. The van der Waals surface area contributed by atoms with Gasteiger partial charge in [0.15, 0.2) is 0 Å². The van der Waals surface area contributed by atoms with Gasteiger partial charge in [-0.05, 0) is 94.0 Å². The number of allylic oxidation sites excluding steroid dienone is 1. The molecular weight excluding hydrogens is 687 g/mol. The number of carbonyl (C=O) groups is 2. The first-order chi connectivity index (χ1) is 25.2. The lowest BCUT2D eigenvalue weighted by molar-refractivity contribution is -0.384. The van der Waals surface area contributed by atoms with Crippen LogP contribution in [-0.2, 0) is 18.7 Å². The lowest BCUT2D eigenvalue weighted by Gasteiger charge is -2.45.